The Labute approximate surface area is 407 Å². The summed E-state index contributed by atoms with van der Waals surface area (Å²) in [7, 11) is 0. The van der Waals surface area contributed by atoms with Gasteiger partial charge in [-0.25, -0.2) is 4.98 Å². The summed E-state index contributed by atoms with van der Waals surface area (Å²) in [6.45, 7) is 23.0. The smallest absolute Gasteiger partial charge is 0.149 e. The first kappa shape index (κ1) is 43.5. The number of aromatic hydroxyl groups is 1. The molecule has 0 radical (unpaired) electrons. The Bertz CT molecular complexity index is 3360. The van der Waals surface area contributed by atoms with Crippen LogP contribution >= 0.6 is 0 Å². The van der Waals surface area contributed by atoms with Crippen LogP contribution in [0, 0.1) is 0 Å². The van der Waals surface area contributed by atoms with Crippen molar-refractivity contribution in [3.63, 3.8) is 0 Å². The molecule has 9 rings (SSSR count). The number of phenols is 1. The quantitative estimate of drug-likeness (QED) is 0.141. The average molecular weight is 894 g/mol. The summed E-state index contributed by atoms with van der Waals surface area (Å²) in [4.78, 5) is 10.6. The molecule has 68 heavy (non-hydrogen) atoms. The molecule has 1 N–H and O–H groups in total. The number of para-hydroxylation sites is 1. The summed E-state index contributed by atoms with van der Waals surface area (Å²) in [6, 6.07) is 55.5. The fourth-order valence-corrected chi connectivity index (χ4v) is 9.30. The third kappa shape index (κ3) is 9.05. The standard InChI is InChI=1S/C64H65N3O/c1-39(2)43-20-22-45(23-21-43)48-30-31-65-58(38-48)52-33-50(44-16-13-12-14-17-44)32-51(34-52)54-18-15-19-60-61(54)66-63(57-37-49(41(5)6)36-55(42(7)8)62(57)68)67(60)59-29-26-47(40(3)4)35-56(59)46-24-27-53(28-25-46)64(9,10)11/h12-42,68H,1-11H3/i39D,40D. The number of hydrogen-bond acceptors (Lipinski definition) is 3. The van der Waals surface area contributed by atoms with E-state index in [-0.39, 0.29) is 23.0 Å². The van der Waals surface area contributed by atoms with Gasteiger partial charge in [0.15, 0.2) is 0 Å². The molecule has 0 spiro atoms. The molecule has 2 heterocycles. The molecule has 0 fully saturated rings. The van der Waals surface area contributed by atoms with E-state index in [1.54, 1.807) is 0 Å². The molecule has 0 saturated carbocycles. The van der Waals surface area contributed by atoms with Crippen LogP contribution < -0.4 is 0 Å². The second-order valence-corrected chi connectivity index (χ2v) is 20.5. The van der Waals surface area contributed by atoms with Gasteiger partial charge in [-0.15, -0.1) is 0 Å². The lowest BCUT2D eigenvalue weighted by molar-refractivity contribution is 0.466. The molecule has 2 aromatic heterocycles. The van der Waals surface area contributed by atoms with E-state index in [4.69, 9.17) is 12.7 Å². The van der Waals surface area contributed by atoms with E-state index in [0.717, 1.165) is 94.7 Å². The summed E-state index contributed by atoms with van der Waals surface area (Å²) in [6.07, 6.45) is 1.88. The zero-order valence-electron chi connectivity index (χ0n) is 43.5. The molecular weight excluding hydrogens is 827 g/mol. The molecule has 9 aromatic rings. The highest BCUT2D eigenvalue weighted by Crippen LogP contribution is 2.45. The van der Waals surface area contributed by atoms with Gasteiger partial charge in [-0.1, -0.05) is 179 Å². The second-order valence-electron chi connectivity index (χ2n) is 20.5. The largest absolute Gasteiger partial charge is 0.507 e. The number of phenolic OH excluding ortho intramolecular Hbond substituents is 1. The zero-order chi connectivity index (χ0) is 49.9. The number of hydrogen-bond donors (Lipinski definition) is 1. The van der Waals surface area contributed by atoms with Gasteiger partial charge in [-0.2, -0.15) is 0 Å². The number of imidazole rings is 1. The summed E-state index contributed by atoms with van der Waals surface area (Å²) in [5.74, 6) is -0.375. The molecule has 0 unspecified atom stereocenters. The average Bonchev–Trinajstić information content (AvgIpc) is 3.72. The first-order chi connectivity index (χ1) is 33.2. The van der Waals surface area contributed by atoms with E-state index < -0.39 is 11.8 Å². The van der Waals surface area contributed by atoms with E-state index in [9.17, 15) is 5.11 Å². The number of aromatic nitrogens is 3. The lowest BCUT2D eigenvalue weighted by Crippen LogP contribution is -2.10. The molecule has 0 amide bonds. The molecule has 4 nitrogen and oxygen atoms in total. The number of rotatable bonds is 11. The highest BCUT2D eigenvalue weighted by Gasteiger charge is 2.26. The van der Waals surface area contributed by atoms with Crippen molar-refractivity contribution < 1.29 is 7.85 Å². The van der Waals surface area contributed by atoms with Gasteiger partial charge in [0.2, 0.25) is 0 Å². The molecule has 0 aliphatic heterocycles. The van der Waals surface area contributed by atoms with Crippen molar-refractivity contribution in [1.82, 2.24) is 14.5 Å². The van der Waals surface area contributed by atoms with Crippen molar-refractivity contribution in [3.8, 4) is 78.6 Å². The number of pyridine rings is 1. The lowest BCUT2D eigenvalue weighted by atomic mass is 9.86. The van der Waals surface area contributed by atoms with E-state index in [0.29, 0.717) is 11.4 Å². The minimum Gasteiger partial charge on any atom is -0.507 e. The zero-order valence-corrected chi connectivity index (χ0v) is 41.5. The predicted octanol–water partition coefficient (Wildman–Crippen LogP) is 17.9. The van der Waals surface area contributed by atoms with Crippen LogP contribution in [-0.2, 0) is 5.41 Å². The van der Waals surface area contributed by atoms with Crippen molar-refractivity contribution in [2.75, 3.05) is 0 Å². The summed E-state index contributed by atoms with van der Waals surface area (Å²) >= 11 is 0. The van der Waals surface area contributed by atoms with Gasteiger partial charge in [0.25, 0.3) is 0 Å². The molecule has 0 atom stereocenters. The van der Waals surface area contributed by atoms with Gasteiger partial charge in [-0.3, -0.25) is 9.55 Å². The normalized spacial score (nSPS) is 12.8. The van der Waals surface area contributed by atoms with Crippen molar-refractivity contribution in [1.29, 1.82) is 0 Å². The second kappa shape index (κ2) is 18.6. The molecule has 0 aliphatic carbocycles. The SMILES string of the molecule is [2H]C(C)(C)c1ccc(-c2ccnc(-c3cc(-c4ccccc4)cc(-c4cccc5c4nc(-c4cc(C(C)C)cc(C(C)C)c4O)n5-c4ccc(C([2H])(C)C)cc4-c4ccc(C(C)(C)C)cc4)c3)c2)cc1. The number of nitrogens with zero attached hydrogens (tertiary/aromatic N) is 3. The maximum atomic E-state index is 12.4. The van der Waals surface area contributed by atoms with E-state index in [1.807, 2.05) is 58.2 Å². The molecule has 0 bridgehead atoms. The summed E-state index contributed by atoms with van der Waals surface area (Å²) in [5.41, 5.74) is 18.4. The first-order valence-electron chi connectivity index (χ1n) is 25.1. The van der Waals surface area contributed by atoms with Crippen LogP contribution in [0.25, 0.3) is 83.9 Å². The molecule has 7 aromatic carbocycles. The highest BCUT2D eigenvalue weighted by atomic mass is 16.3. The van der Waals surface area contributed by atoms with Gasteiger partial charge in [0.05, 0.1) is 28.0 Å². The maximum Gasteiger partial charge on any atom is 0.149 e. The van der Waals surface area contributed by atoms with Crippen LogP contribution in [0.4, 0.5) is 0 Å². The van der Waals surface area contributed by atoms with Crippen LogP contribution in [-0.4, -0.2) is 19.6 Å². The van der Waals surface area contributed by atoms with Crippen LogP contribution in [0.3, 0.4) is 0 Å². The maximum absolute atomic E-state index is 12.4. The molecule has 0 aliphatic rings. The van der Waals surface area contributed by atoms with E-state index >= 15 is 0 Å². The Kier molecular flexibility index (Phi) is 11.9. The molecular formula is C64H65N3O. The third-order valence-electron chi connectivity index (χ3n) is 13.5. The summed E-state index contributed by atoms with van der Waals surface area (Å²) in [5, 5.41) is 12.4. The Morgan fingerprint density at radius 2 is 1.13 bits per heavy atom. The van der Waals surface area contributed by atoms with Crippen LogP contribution in [0.5, 0.6) is 5.75 Å². The van der Waals surface area contributed by atoms with E-state index in [2.05, 4.69) is 186 Å². The van der Waals surface area contributed by atoms with Gasteiger partial charge in [0, 0.05) is 25.6 Å². The molecule has 0 saturated heterocycles. The van der Waals surface area contributed by atoms with Crippen molar-refractivity contribution in [2.24, 2.45) is 0 Å². The number of fused-ring (bicyclic) bond motifs is 1. The van der Waals surface area contributed by atoms with E-state index in [1.165, 1.54) is 5.56 Å². The Hall–Kier alpha value is -7.04. The highest BCUT2D eigenvalue weighted by molar-refractivity contribution is 5.98. The van der Waals surface area contributed by atoms with Crippen LogP contribution in [0.15, 0.2) is 164 Å². The van der Waals surface area contributed by atoms with Crippen LogP contribution in [0.1, 0.15) is 130 Å². The topological polar surface area (TPSA) is 50.9 Å². The Balaban J connectivity index is 1.32. The first-order valence-corrected chi connectivity index (χ1v) is 24.1. The van der Waals surface area contributed by atoms with Gasteiger partial charge in [-0.05, 0) is 145 Å². The molecule has 342 valence electrons. The Morgan fingerprint density at radius 3 is 1.79 bits per heavy atom. The van der Waals surface area contributed by atoms with Crippen molar-refractivity contribution in [3.05, 3.63) is 192 Å². The minimum absolute atomic E-state index is 0.0211. The fourth-order valence-electron chi connectivity index (χ4n) is 9.30. The third-order valence-corrected chi connectivity index (χ3v) is 13.5. The minimum atomic E-state index is -0.846. The Morgan fingerprint density at radius 1 is 0.500 bits per heavy atom. The molecule has 4 heteroatoms. The lowest BCUT2D eigenvalue weighted by Gasteiger charge is -2.21. The van der Waals surface area contributed by atoms with Gasteiger partial charge >= 0.3 is 0 Å². The van der Waals surface area contributed by atoms with Crippen LogP contribution in [0.2, 0.25) is 0 Å². The van der Waals surface area contributed by atoms with Crippen molar-refractivity contribution >= 4 is 11.0 Å². The summed E-state index contributed by atoms with van der Waals surface area (Å²) < 4.78 is 19.9. The monoisotopic (exact) mass is 894 g/mol. The fraction of sp³-hybridized carbons (Fsp3) is 0.250. The predicted molar refractivity (Wildman–Crippen MR) is 288 cm³/mol. The van der Waals surface area contributed by atoms with Gasteiger partial charge < -0.3 is 5.11 Å². The van der Waals surface area contributed by atoms with Gasteiger partial charge in [0.1, 0.15) is 11.6 Å². The van der Waals surface area contributed by atoms with Crippen molar-refractivity contribution in [2.45, 2.75) is 105 Å². The number of benzene rings is 7.